The Balaban J connectivity index is 1.50. The van der Waals surface area contributed by atoms with Gasteiger partial charge in [-0.25, -0.2) is 4.98 Å². The Hall–Kier alpha value is -1.57. The Morgan fingerprint density at radius 2 is 2.26 bits per heavy atom. The number of nitrogens with one attached hydrogen (secondary N) is 1. The first-order chi connectivity index (χ1) is 11.1. The first-order valence-corrected chi connectivity index (χ1v) is 8.24. The fourth-order valence-corrected chi connectivity index (χ4v) is 3.18. The molecule has 2 atom stereocenters. The number of carbonyl (C=O) groups excluding carboxylic acids is 1. The van der Waals surface area contributed by atoms with Crippen molar-refractivity contribution in [2.75, 3.05) is 26.2 Å². The monoisotopic (exact) mass is 320 g/mol. The van der Waals surface area contributed by atoms with E-state index in [0.29, 0.717) is 13.0 Å². The molecule has 7 heteroatoms. The van der Waals surface area contributed by atoms with Gasteiger partial charge in [-0.1, -0.05) is 6.42 Å². The van der Waals surface area contributed by atoms with Crippen LogP contribution in [0.15, 0.2) is 18.6 Å². The molecule has 1 aliphatic heterocycles. The van der Waals surface area contributed by atoms with Crippen LogP contribution in [0.2, 0.25) is 0 Å². The molecule has 1 saturated heterocycles. The maximum atomic E-state index is 12.0. The van der Waals surface area contributed by atoms with Crippen molar-refractivity contribution in [1.29, 1.82) is 0 Å². The van der Waals surface area contributed by atoms with Crippen LogP contribution in [-0.2, 0) is 0 Å². The average Bonchev–Trinajstić information content (AvgIpc) is 2.53. The van der Waals surface area contributed by atoms with Gasteiger partial charge in [0, 0.05) is 38.6 Å². The number of nitrogens with zero attached hydrogens (tertiary/aromatic N) is 3. The molecule has 1 aliphatic carbocycles. The summed E-state index contributed by atoms with van der Waals surface area (Å²) in [5, 5.41) is 23.6. The van der Waals surface area contributed by atoms with Crippen molar-refractivity contribution in [3.63, 3.8) is 0 Å². The van der Waals surface area contributed by atoms with Crippen LogP contribution in [0.4, 0.5) is 0 Å². The Kier molecular flexibility index (Phi) is 4.89. The topological polar surface area (TPSA) is 98.6 Å². The van der Waals surface area contributed by atoms with E-state index in [1.54, 1.807) is 0 Å². The van der Waals surface area contributed by atoms with Crippen molar-refractivity contribution in [2.45, 2.75) is 37.4 Å². The maximum absolute atomic E-state index is 12.0. The van der Waals surface area contributed by atoms with E-state index in [9.17, 15) is 15.0 Å². The number of rotatable bonds is 5. The lowest BCUT2D eigenvalue weighted by atomic mass is 9.83. The normalized spacial score (nSPS) is 29.0. The first-order valence-electron chi connectivity index (χ1n) is 8.24. The van der Waals surface area contributed by atoms with Gasteiger partial charge in [0.05, 0.1) is 12.3 Å². The highest BCUT2D eigenvalue weighted by molar-refractivity contribution is 5.91. The molecule has 0 bridgehead atoms. The van der Waals surface area contributed by atoms with Crippen LogP contribution < -0.4 is 5.32 Å². The highest BCUT2D eigenvalue weighted by Gasteiger charge is 2.41. The van der Waals surface area contributed by atoms with Crippen molar-refractivity contribution in [2.24, 2.45) is 5.92 Å². The molecule has 0 spiro atoms. The standard InChI is InChI=1S/C16H24N4O3/c21-14-10-20(9-12-2-1-3-12)7-4-16(14,23)11-19-15(22)13-8-17-5-6-18-13/h5-6,8,12,14,21,23H,1-4,7,9-11H2,(H,19,22)/t14-,16-/m1/s1. The minimum Gasteiger partial charge on any atom is -0.389 e. The number of amides is 1. The number of hydrogen-bond donors (Lipinski definition) is 3. The van der Waals surface area contributed by atoms with E-state index >= 15 is 0 Å². The van der Waals surface area contributed by atoms with Crippen LogP contribution in [0, 0.1) is 5.92 Å². The number of aromatic nitrogens is 2. The molecule has 0 aromatic carbocycles. The number of aliphatic hydroxyl groups excluding tert-OH is 1. The molecule has 0 unspecified atom stereocenters. The SMILES string of the molecule is O=C(NC[C@]1(O)CCN(CC2CCC2)C[C@H]1O)c1cnccn1. The predicted molar refractivity (Wildman–Crippen MR) is 83.7 cm³/mol. The molecule has 0 radical (unpaired) electrons. The van der Waals surface area contributed by atoms with Gasteiger partial charge in [-0.2, -0.15) is 0 Å². The van der Waals surface area contributed by atoms with Gasteiger partial charge in [0.2, 0.25) is 0 Å². The zero-order valence-electron chi connectivity index (χ0n) is 13.2. The van der Waals surface area contributed by atoms with Gasteiger partial charge < -0.3 is 20.4 Å². The van der Waals surface area contributed by atoms with E-state index in [-0.39, 0.29) is 12.2 Å². The highest BCUT2D eigenvalue weighted by Crippen LogP contribution is 2.29. The van der Waals surface area contributed by atoms with E-state index in [1.165, 1.54) is 37.9 Å². The second-order valence-corrected chi connectivity index (χ2v) is 6.70. The molecule has 1 aromatic rings. The fraction of sp³-hybridized carbons (Fsp3) is 0.688. The largest absolute Gasteiger partial charge is 0.389 e. The van der Waals surface area contributed by atoms with E-state index in [0.717, 1.165) is 19.0 Å². The van der Waals surface area contributed by atoms with Gasteiger partial charge in [0.15, 0.2) is 0 Å². The van der Waals surface area contributed by atoms with Crippen molar-refractivity contribution < 1.29 is 15.0 Å². The summed E-state index contributed by atoms with van der Waals surface area (Å²) in [6.07, 6.45) is 7.73. The van der Waals surface area contributed by atoms with Crippen LogP contribution in [0.1, 0.15) is 36.2 Å². The first kappa shape index (κ1) is 16.3. The summed E-state index contributed by atoms with van der Waals surface area (Å²) in [5.74, 6) is 0.348. The Morgan fingerprint density at radius 1 is 1.43 bits per heavy atom. The molecule has 1 aromatic heterocycles. The maximum Gasteiger partial charge on any atom is 0.271 e. The molecule has 1 amide bonds. The van der Waals surface area contributed by atoms with Gasteiger partial charge in [0.1, 0.15) is 11.3 Å². The third-order valence-corrected chi connectivity index (χ3v) is 5.00. The van der Waals surface area contributed by atoms with E-state index in [1.807, 2.05) is 0 Å². The summed E-state index contributed by atoms with van der Waals surface area (Å²) in [6.45, 7) is 2.21. The molecule has 23 heavy (non-hydrogen) atoms. The molecular weight excluding hydrogens is 296 g/mol. The molecule has 7 nitrogen and oxygen atoms in total. The van der Waals surface area contributed by atoms with Crippen molar-refractivity contribution >= 4 is 5.91 Å². The zero-order valence-corrected chi connectivity index (χ0v) is 13.2. The summed E-state index contributed by atoms with van der Waals surface area (Å²) in [6, 6.07) is 0. The van der Waals surface area contributed by atoms with Crippen LogP contribution in [0.3, 0.4) is 0 Å². The van der Waals surface area contributed by atoms with Crippen molar-refractivity contribution in [1.82, 2.24) is 20.2 Å². The molecule has 2 heterocycles. The lowest BCUT2D eigenvalue weighted by Gasteiger charge is -2.44. The number of carbonyl (C=O) groups is 1. The van der Waals surface area contributed by atoms with Gasteiger partial charge in [0.25, 0.3) is 5.91 Å². The number of hydrogen-bond acceptors (Lipinski definition) is 6. The minimum absolute atomic E-state index is 0.0147. The Labute approximate surface area is 135 Å². The molecule has 1 saturated carbocycles. The Bertz CT molecular complexity index is 537. The van der Waals surface area contributed by atoms with Crippen LogP contribution >= 0.6 is 0 Å². The summed E-state index contributed by atoms with van der Waals surface area (Å²) in [5.41, 5.74) is -1.08. The number of likely N-dealkylation sites (tertiary alicyclic amines) is 1. The lowest BCUT2D eigenvalue weighted by molar-refractivity contribution is -0.118. The predicted octanol–water partition coefficient (Wildman–Crippen LogP) is -0.196. The van der Waals surface area contributed by atoms with E-state index in [2.05, 4.69) is 20.2 Å². The quantitative estimate of drug-likeness (QED) is 0.695. The number of aliphatic hydroxyl groups is 2. The minimum atomic E-state index is -1.28. The smallest absolute Gasteiger partial charge is 0.271 e. The van der Waals surface area contributed by atoms with Gasteiger partial charge in [-0.15, -0.1) is 0 Å². The third kappa shape index (κ3) is 3.85. The van der Waals surface area contributed by atoms with Crippen molar-refractivity contribution in [3.8, 4) is 0 Å². The lowest BCUT2D eigenvalue weighted by Crippen LogP contribution is -2.60. The molecule has 3 N–H and O–H groups in total. The van der Waals surface area contributed by atoms with Crippen molar-refractivity contribution in [3.05, 3.63) is 24.3 Å². The molecule has 3 rings (SSSR count). The summed E-state index contributed by atoms with van der Waals surface area (Å²) in [4.78, 5) is 22.0. The van der Waals surface area contributed by atoms with Gasteiger partial charge in [-0.05, 0) is 25.2 Å². The molecular formula is C16H24N4O3. The second kappa shape index (κ2) is 6.90. The van der Waals surface area contributed by atoms with E-state index in [4.69, 9.17) is 0 Å². The second-order valence-electron chi connectivity index (χ2n) is 6.70. The number of piperidine rings is 1. The highest BCUT2D eigenvalue weighted by atomic mass is 16.3. The molecule has 2 fully saturated rings. The third-order valence-electron chi connectivity index (χ3n) is 5.00. The summed E-state index contributed by atoms with van der Waals surface area (Å²) in [7, 11) is 0. The summed E-state index contributed by atoms with van der Waals surface area (Å²) >= 11 is 0. The zero-order chi connectivity index (χ0) is 16.3. The molecule has 2 aliphatic rings. The summed E-state index contributed by atoms with van der Waals surface area (Å²) < 4.78 is 0. The number of β-amino-alcohol motifs (C(OH)–C–C–N with tert-alkyl or cyclic N) is 1. The average molecular weight is 320 g/mol. The van der Waals surface area contributed by atoms with Gasteiger partial charge >= 0.3 is 0 Å². The van der Waals surface area contributed by atoms with Crippen LogP contribution in [0.25, 0.3) is 0 Å². The van der Waals surface area contributed by atoms with Gasteiger partial charge in [-0.3, -0.25) is 9.78 Å². The van der Waals surface area contributed by atoms with Crippen LogP contribution in [-0.4, -0.2) is 68.9 Å². The Morgan fingerprint density at radius 3 is 2.87 bits per heavy atom. The van der Waals surface area contributed by atoms with Crippen LogP contribution in [0.5, 0.6) is 0 Å². The van der Waals surface area contributed by atoms with E-state index < -0.39 is 17.6 Å². The fourth-order valence-electron chi connectivity index (χ4n) is 3.18. The molecule has 126 valence electrons.